The highest BCUT2D eigenvalue weighted by Crippen LogP contribution is 2.27. The van der Waals surface area contributed by atoms with Crippen molar-refractivity contribution in [3.8, 4) is 0 Å². The first kappa shape index (κ1) is 20.2. The molecule has 0 radical (unpaired) electrons. The van der Waals surface area contributed by atoms with E-state index in [1.165, 1.54) is 11.8 Å². The van der Waals surface area contributed by atoms with Crippen LogP contribution in [0.5, 0.6) is 0 Å². The summed E-state index contributed by atoms with van der Waals surface area (Å²) in [4.78, 5) is 29.4. The van der Waals surface area contributed by atoms with Gasteiger partial charge in [-0.2, -0.15) is 0 Å². The number of nitrogen functional groups attached to an aromatic ring is 1. The van der Waals surface area contributed by atoms with Crippen LogP contribution < -0.4 is 11.1 Å². The Labute approximate surface area is 159 Å². The van der Waals surface area contributed by atoms with Gasteiger partial charge in [0.1, 0.15) is 10.9 Å². The quantitative estimate of drug-likeness (QED) is 0.538. The standard InChI is InChI=1S/C15H22N6O3S2/c1-6-9(21-13(16)19-20-15(21)25-5)11(22)18-14-17-8(4)10(26-14)12(23)24-7(2)3/h7,9H,6H2,1-5H3,(H2,16,19)(H,17,18,22). The molecular weight excluding hydrogens is 376 g/mol. The van der Waals surface area contributed by atoms with E-state index in [1.807, 2.05) is 13.2 Å². The van der Waals surface area contributed by atoms with Crippen molar-refractivity contribution in [3.05, 3.63) is 10.6 Å². The van der Waals surface area contributed by atoms with Gasteiger partial charge in [0.05, 0.1) is 11.8 Å². The highest BCUT2D eigenvalue weighted by molar-refractivity contribution is 7.98. The van der Waals surface area contributed by atoms with Crippen LogP contribution in [0.4, 0.5) is 11.1 Å². The fourth-order valence-electron chi connectivity index (χ4n) is 2.30. The molecule has 2 aromatic heterocycles. The lowest BCUT2D eigenvalue weighted by molar-refractivity contribution is -0.119. The molecule has 11 heteroatoms. The minimum atomic E-state index is -0.581. The maximum absolute atomic E-state index is 12.7. The van der Waals surface area contributed by atoms with Crippen LogP contribution in [0, 0.1) is 6.92 Å². The fraction of sp³-hybridized carbons (Fsp3) is 0.533. The van der Waals surface area contributed by atoms with E-state index in [4.69, 9.17) is 10.5 Å². The van der Waals surface area contributed by atoms with Crippen molar-refractivity contribution < 1.29 is 14.3 Å². The molecule has 2 aromatic rings. The van der Waals surface area contributed by atoms with Crippen molar-refractivity contribution in [2.45, 2.75) is 51.4 Å². The van der Waals surface area contributed by atoms with Crippen molar-refractivity contribution in [2.24, 2.45) is 0 Å². The average Bonchev–Trinajstić information content (AvgIpc) is 3.11. The SMILES string of the molecule is CCC(C(=O)Nc1nc(C)c(C(=O)OC(C)C)s1)n1c(N)nnc1SC. The minimum Gasteiger partial charge on any atom is -0.459 e. The summed E-state index contributed by atoms with van der Waals surface area (Å²) >= 11 is 2.44. The molecule has 0 saturated heterocycles. The number of carbonyl (C=O) groups excluding carboxylic acids is 2. The first-order valence-corrected chi connectivity index (χ1v) is 10.1. The molecule has 26 heavy (non-hydrogen) atoms. The molecule has 1 unspecified atom stereocenters. The molecular formula is C15H22N6O3S2. The lowest BCUT2D eigenvalue weighted by atomic mass is 10.2. The van der Waals surface area contributed by atoms with Crippen LogP contribution in [-0.4, -0.2) is 44.0 Å². The number of aromatic nitrogens is 4. The predicted octanol–water partition coefficient (Wildman–Crippen LogP) is 2.50. The van der Waals surface area contributed by atoms with E-state index in [2.05, 4.69) is 20.5 Å². The molecule has 0 aliphatic heterocycles. The Bertz CT molecular complexity index is 801. The molecule has 142 valence electrons. The number of esters is 1. The molecule has 0 aromatic carbocycles. The summed E-state index contributed by atoms with van der Waals surface area (Å²) in [6, 6.07) is -0.581. The van der Waals surface area contributed by atoms with E-state index in [-0.39, 0.29) is 18.0 Å². The lowest BCUT2D eigenvalue weighted by Gasteiger charge is -2.17. The van der Waals surface area contributed by atoms with Crippen molar-refractivity contribution in [2.75, 3.05) is 17.3 Å². The molecule has 2 heterocycles. The van der Waals surface area contributed by atoms with Gasteiger partial charge in [0.2, 0.25) is 11.9 Å². The summed E-state index contributed by atoms with van der Waals surface area (Å²) in [5.74, 6) is -0.574. The number of amides is 1. The number of nitrogens with one attached hydrogen (secondary N) is 1. The zero-order valence-electron chi connectivity index (χ0n) is 15.3. The number of hydrogen-bond acceptors (Lipinski definition) is 9. The van der Waals surface area contributed by atoms with Gasteiger partial charge in [0.15, 0.2) is 10.3 Å². The fourth-order valence-corrected chi connectivity index (χ4v) is 3.69. The second-order valence-electron chi connectivity index (χ2n) is 5.72. The zero-order valence-corrected chi connectivity index (χ0v) is 16.9. The number of nitrogens with two attached hydrogens (primary N) is 1. The molecule has 3 N–H and O–H groups in total. The number of thiazole rings is 1. The Morgan fingerprint density at radius 1 is 1.38 bits per heavy atom. The second kappa shape index (κ2) is 8.49. The van der Waals surface area contributed by atoms with Crippen LogP contribution in [0.25, 0.3) is 0 Å². The van der Waals surface area contributed by atoms with E-state index >= 15 is 0 Å². The Hall–Kier alpha value is -2.14. The molecule has 0 saturated carbocycles. The smallest absolute Gasteiger partial charge is 0.350 e. The second-order valence-corrected chi connectivity index (χ2v) is 7.49. The van der Waals surface area contributed by atoms with E-state index in [1.54, 1.807) is 25.3 Å². The van der Waals surface area contributed by atoms with Crippen LogP contribution in [0.15, 0.2) is 5.16 Å². The van der Waals surface area contributed by atoms with Gasteiger partial charge in [-0.15, -0.1) is 10.2 Å². The molecule has 1 amide bonds. The lowest BCUT2D eigenvalue weighted by Crippen LogP contribution is -2.27. The number of nitrogens with zero attached hydrogens (tertiary/aromatic N) is 4. The van der Waals surface area contributed by atoms with Gasteiger partial charge in [-0.05, 0) is 33.4 Å². The van der Waals surface area contributed by atoms with Crippen molar-refractivity contribution >= 4 is 46.1 Å². The van der Waals surface area contributed by atoms with Crippen LogP contribution in [0.3, 0.4) is 0 Å². The molecule has 0 aliphatic carbocycles. The Balaban J connectivity index is 2.21. The van der Waals surface area contributed by atoms with Crippen LogP contribution >= 0.6 is 23.1 Å². The van der Waals surface area contributed by atoms with E-state index < -0.39 is 12.0 Å². The summed E-state index contributed by atoms with van der Waals surface area (Å²) in [6.45, 7) is 7.11. The number of ether oxygens (including phenoxy) is 1. The number of rotatable bonds is 7. The summed E-state index contributed by atoms with van der Waals surface area (Å²) in [6.07, 6.45) is 2.10. The molecule has 0 spiro atoms. The van der Waals surface area contributed by atoms with E-state index in [0.29, 0.717) is 27.3 Å². The summed E-state index contributed by atoms with van der Waals surface area (Å²) in [5.41, 5.74) is 6.37. The Kier molecular flexibility index (Phi) is 6.59. The molecule has 0 fully saturated rings. The summed E-state index contributed by atoms with van der Waals surface area (Å²) < 4.78 is 6.78. The maximum Gasteiger partial charge on any atom is 0.350 e. The minimum absolute atomic E-state index is 0.174. The summed E-state index contributed by atoms with van der Waals surface area (Å²) in [7, 11) is 0. The molecule has 0 bridgehead atoms. The topological polar surface area (TPSA) is 125 Å². The van der Waals surface area contributed by atoms with Crippen molar-refractivity contribution in [3.63, 3.8) is 0 Å². The van der Waals surface area contributed by atoms with Crippen molar-refractivity contribution in [1.29, 1.82) is 0 Å². The largest absolute Gasteiger partial charge is 0.459 e. The van der Waals surface area contributed by atoms with Crippen LogP contribution in [-0.2, 0) is 9.53 Å². The van der Waals surface area contributed by atoms with Gasteiger partial charge >= 0.3 is 5.97 Å². The third-order valence-corrected chi connectivity index (χ3v) is 5.13. The number of aryl methyl sites for hydroxylation is 1. The molecule has 1 atom stereocenters. The van der Waals surface area contributed by atoms with Gasteiger partial charge < -0.3 is 15.8 Å². The molecule has 0 aliphatic rings. The first-order valence-electron chi connectivity index (χ1n) is 8.02. The van der Waals surface area contributed by atoms with Crippen molar-refractivity contribution in [1.82, 2.24) is 19.7 Å². The van der Waals surface area contributed by atoms with E-state index in [0.717, 1.165) is 11.3 Å². The monoisotopic (exact) mass is 398 g/mol. The van der Waals surface area contributed by atoms with Gasteiger partial charge in [-0.25, -0.2) is 9.78 Å². The first-order chi connectivity index (χ1) is 12.3. The summed E-state index contributed by atoms with van der Waals surface area (Å²) in [5, 5.41) is 11.4. The van der Waals surface area contributed by atoms with Gasteiger partial charge in [0.25, 0.3) is 0 Å². The van der Waals surface area contributed by atoms with E-state index in [9.17, 15) is 9.59 Å². The van der Waals surface area contributed by atoms with Gasteiger partial charge in [-0.1, -0.05) is 30.0 Å². The average molecular weight is 399 g/mol. The third kappa shape index (κ3) is 4.33. The maximum atomic E-state index is 12.7. The number of anilines is 2. The van der Waals surface area contributed by atoms with Gasteiger partial charge in [0, 0.05) is 0 Å². The van der Waals surface area contributed by atoms with Crippen LogP contribution in [0.1, 0.15) is 48.6 Å². The molecule has 9 nitrogen and oxygen atoms in total. The Morgan fingerprint density at radius 3 is 2.65 bits per heavy atom. The highest BCUT2D eigenvalue weighted by atomic mass is 32.2. The number of thioether (sulfide) groups is 1. The van der Waals surface area contributed by atoms with Crippen LogP contribution in [0.2, 0.25) is 0 Å². The predicted molar refractivity (Wildman–Crippen MR) is 102 cm³/mol. The zero-order chi connectivity index (χ0) is 19.4. The normalized spacial score (nSPS) is 12.2. The third-order valence-electron chi connectivity index (χ3n) is 3.43. The number of carbonyl (C=O) groups is 2. The number of hydrogen-bond donors (Lipinski definition) is 2. The highest BCUT2D eigenvalue weighted by Gasteiger charge is 2.26. The Morgan fingerprint density at radius 2 is 2.08 bits per heavy atom. The van der Waals surface area contributed by atoms with Gasteiger partial charge in [-0.3, -0.25) is 9.36 Å². The molecule has 2 rings (SSSR count).